The van der Waals surface area contributed by atoms with Crippen LogP contribution < -0.4 is 0 Å². The molecule has 5 nitrogen and oxygen atoms in total. The van der Waals surface area contributed by atoms with Gasteiger partial charge in [-0.2, -0.15) is 0 Å². The molecule has 1 aliphatic heterocycles. The molecule has 2 aliphatic rings. The molecular formula is C19H27NO4. The molecule has 3 rings (SSSR count). The van der Waals surface area contributed by atoms with Crippen molar-refractivity contribution in [1.29, 1.82) is 0 Å². The summed E-state index contributed by atoms with van der Waals surface area (Å²) in [6.45, 7) is 1.67. The number of benzene rings is 1. The van der Waals surface area contributed by atoms with E-state index in [1.807, 2.05) is 35.2 Å². The molecule has 132 valence electrons. The summed E-state index contributed by atoms with van der Waals surface area (Å²) in [7, 11) is 0. The molecular weight excluding hydrogens is 306 g/mol. The first-order chi connectivity index (χ1) is 11.1. The van der Waals surface area contributed by atoms with Crippen molar-refractivity contribution in [2.75, 3.05) is 13.1 Å². The molecule has 1 heterocycles. The molecule has 1 saturated heterocycles. The number of carbonyl (C=O) groups excluding carboxylic acids is 1. The van der Waals surface area contributed by atoms with Crippen LogP contribution in [-0.2, 0) is 16.0 Å². The highest BCUT2D eigenvalue weighted by atomic mass is 16.4. The first kappa shape index (κ1) is 18.5. The van der Waals surface area contributed by atoms with Crippen LogP contribution in [0.4, 0.5) is 0 Å². The van der Waals surface area contributed by atoms with Crippen molar-refractivity contribution in [3.05, 3.63) is 35.9 Å². The molecule has 0 bridgehead atoms. The van der Waals surface area contributed by atoms with Gasteiger partial charge in [0.25, 0.3) is 0 Å². The van der Waals surface area contributed by atoms with Gasteiger partial charge in [-0.25, -0.2) is 0 Å². The molecule has 3 unspecified atom stereocenters. The van der Waals surface area contributed by atoms with Crippen molar-refractivity contribution >= 4 is 11.9 Å². The second kappa shape index (κ2) is 8.29. The lowest BCUT2D eigenvalue weighted by Crippen LogP contribution is -2.33. The number of rotatable bonds is 5. The summed E-state index contributed by atoms with van der Waals surface area (Å²) in [5.74, 6) is -0.204. The second-order valence-corrected chi connectivity index (χ2v) is 7.03. The Morgan fingerprint density at radius 1 is 1.08 bits per heavy atom. The topological polar surface area (TPSA) is 89.1 Å². The zero-order valence-corrected chi connectivity index (χ0v) is 14.0. The van der Waals surface area contributed by atoms with E-state index in [4.69, 9.17) is 0 Å². The summed E-state index contributed by atoms with van der Waals surface area (Å²) in [4.78, 5) is 26.0. The van der Waals surface area contributed by atoms with E-state index in [0.29, 0.717) is 18.3 Å². The maximum Gasteiger partial charge on any atom is 0.307 e. The molecule has 24 heavy (non-hydrogen) atoms. The van der Waals surface area contributed by atoms with Crippen molar-refractivity contribution in [2.45, 2.75) is 38.5 Å². The van der Waals surface area contributed by atoms with E-state index >= 15 is 0 Å². The molecule has 1 aliphatic carbocycles. The highest BCUT2D eigenvalue weighted by molar-refractivity contribution is 5.82. The maximum absolute atomic E-state index is 12.6. The minimum atomic E-state index is -0.876. The molecule has 5 heteroatoms. The zero-order valence-electron chi connectivity index (χ0n) is 14.0. The Balaban J connectivity index is 0.00000208. The Morgan fingerprint density at radius 3 is 2.21 bits per heavy atom. The largest absolute Gasteiger partial charge is 0.481 e. The number of carboxylic acids is 1. The number of likely N-dealkylation sites (tertiary alicyclic amines) is 1. The minimum Gasteiger partial charge on any atom is -0.481 e. The van der Waals surface area contributed by atoms with Crippen molar-refractivity contribution in [1.82, 2.24) is 4.90 Å². The van der Waals surface area contributed by atoms with Gasteiger partial charge < -0.3 is 15.5 Å². The van der Waals surface area contributed by atoms with E-state index in [1.54, 1.807) is 0 Å². The molecule has 1 aromatic rings. The van der Waals surface area contributed by atoms with Gasteiger partial charge in [0.2, 0.25) is 5.91 Å². The van der Waals surface area contributed by atoms with E-state index in [0.717, 1.165) is 18.7 Å². The Morgan fingerprint density at radius 2 is 1.67 bits per heavy atom. The van der Waals surface area contributed by atoms with Crippen LogP contribution in [0.5, 0.6) is 0 Å². The summed E-state index contributed by atoms with van der Waals surface area (Å²) < 4.78 is 0. The highest BCUT2D eigenvalue weighted by Gasteiger charge is 2.37. The third kappa shape index (κ3) is 4.35. The quantitative estimate of drug-likeness (QED) is 0.895. The van der Waals surface area contributed by atoms with Gasteiger partial charge in [-0.1, -0.05) is 43.2 Å². The van der Waals surface area contributed by atoms with E-state index < -0.39 is 11.9 Å². The Bertz CT molecular complexity index is 546. The number of carbonyl (C=O) groups is 2. The van der Waals surface area contributed by atoms with E-state index in [-0.39, 0.29) is 17.8 Å². The highest BCUT2D eigenvalue weighted by Crippen LogP contribution is 2.36. The summed E-state index contributed by atoms with van der Waals surface area (Å²) in [5.41, 5.74) is 0.975. The predicted molar refractivity (Wildman–Crippen MR) is 91.5 cm³/mol. The van der Waals surface area contributed by atoms with Crippen LogP contribution in [0.1, 0.15) is 37.7 Å². The fourth-order valence-electron chi connectivity index (χ4n) is 4.09. The molecule has 1 aromatic carbocycles. The predicted octanol–water partition coefficient (Wildman–Crippen LogP) is 2.14. The molecule has 2 fully saturated rings. The number of amides is 1. The third-order valence-corrected chi connectivity index (χ3v) is 5.42. The van der Waals surface area contributed by atoms with Gasteiger partial charge in [-0.15, -0.1) is 0 Å². The van der Waals surface area contributed by atoms with Gasteiger partial charge in [0.1, 0.15) is 0 Å². The smallest absolute Gasteiger partial charge is 0.307 e. The van der Waals surface area contributed by atoms with Gasteiger partial charge in [0.15, 0.2) is 0 Å². The average Bonchev–Trinajstić information content (AvgIpc) is 2.99. The lowest BCUT2D eigenvalue weighted by atomic mass is 9.82. The fraction of sp³-hybridized carbons (Fsp3) is 0.579. The summed E-state index contributed by atoms with van der Waals surface area (Å²) in [6.07, 6.45) is 5.53. The van der Waals surface area contributed by atoms with Gasteiger partial charge in [0.05, 0.1) is 5.92 Å². The molecule has 0 radical (unpaired) electrons. The Hall–Kier alpha value is -1.88. The third-order valence-electron chi connectivity index (χ3n) is 5.42. The van der Waals surface area contributed by atoms with Crippen LogP contribution in [0.3, 0.4) is 0 Å². The SMILES string of the molecule is O.O=C(O)C(CC(=O)N1CC2CCCCC2C1)Cc1ccccc1. The second-order valence-electron chi connectivity index (χ2n) is 7.03. The van der Waals surface area contributed by atoms with Gasteiger partial charge in [0, 0.05) is 19.5 Å². The molecule has 1 amide bonds. The number of aliphatic carboxylic acids is 1. The normalized spacial score (nSPS) is 23.9. The standard InChI is InChI=1S/C19H25NO3.H2O/c21-18(20-12-15-8-4-5-9-16(15)13-20)11-17(19(22)23)10-14-6-2-1-3-7-14;/h1-3,6-7,15-17H,4-5,8-13H2,(H,22,23);1H2. The van der Waals surface area contributed by atoms with Crippen LogP contribution in [-0.4, -0.2) is 40.4 Å². The van der Waals surface area contributed by atoms with Crippen molar-refractivity contribution in [3.8, 4) is 0 Å². The average molecular weight is 333 g/mol. The maximum atomic E-state index is 12.6. The lowest BCUT2D eigenvalue weighted by Gasteiger charge is -2.22. The molecule has 3 atom stereocenters. The number of carboxylic acid groups (broad SMARTS) is 1. The summed E-state index contributed by atoms with van der Waals surface area (Å²) >= 11 is 0. The zero-order chi connectivity index (χ0) is 16.2. The fourth-order valence-corrected chi connectivity index (χ4v) is 4.09. The van der Waals surface area contributed by atoms with E-state index in [2.05, 4.69) is 0 Å². The van der Waals surface area contributed by atoms with Crippen molar-refractivity contribution in [2.24, 2.45) is 17.8 Å². The number of hydrogen-bond acceptors (Lipinski definition) is 2. The number of hydrogen-bond donors (Lipinski definition) is 1. The Kier molecular flexibility index (Phi) is 6.37. The lowest BCUT2D eigenvalue weighted by molar-refractivity contribution is -0.145. The number of nitrogens with zero attached hydrogens (tertiary/aromatic N) is 1. The summed E-state index contributed by atoms with van der Waals surface area (Å²) in [6, 6.07) is 9.56. The first-order valence-electron chi connectivity index (χ1n) is 8.68. The van der Waals surface area contributed by atoms with Gasteiger partial charge in [-0.05, 0) is 36.7 Å². The van der Waals surface area contributed by atoms with Crippen LogP contribution >= 0.6 is 0 Å². The van der Waals surface area contributed by atoms with Crippen LogP contribution in [0.15, 0.2) is 30.3 Å². The van der Waals surface area contributed by atoms with Crippen LogP contribution in [0.25, 0.3) is 0 Å². The van der Waals surface area contributed by atoms with Crippen molar-refractivity contribution in [3.63, 3.8) is 0 Å². The van der Waals surface area contributed by atoms with Gasteiger partial charge in [-0.3, -0.25) is 9.59 Å². The molecule has 0 spiro atoms. The Labute approximate surface area is 143 Å². The van der Waals surface area contributed by atoms with Crippen LogP contribution in [0.2, 0.25) is 0 Å². The van der Waals surface area contributed by atoms with E-state index in [9.17, 15) is 14.7 Å². The minimum absolute atomic E-state index is 0. The van der Waals surface area contributed by atoms with E-state index in [1.165, 1.54) is 25.7 Å². The van der Waals surface area contributed by atoms with Crippen LogP contribution in [0, 0.1) is 17.8 Å². The van der Waals surface area contributed by atoms with Crippen molar-refractivity contribution < 1.29 is 20.2 Å². The number of fused-ring (bicyclic) bond motifs is 1. The molecule has 0 aromatic heterocycles. The monoisotopic (exact) mass is 333 g/mol. The summed E-state index contributed by atoms with van der Waals surface area (Å²) in [5, 5.41) is 9.46. The van der Waals surface area contributed by atoms with Gasteiger partial charge >= 0.3 is 5.97 Å². The first-order valence-corrected chi connectivity index (χ1v) is 8.68. The molecule has 3 N–H and O–H groups in total. The molecule has 1 saturated carbocycles.